The Bertz CT molecular complexity index is 874. The molecule has 35 heavy (non-hydrogen) atoms. The molecule has 0 aliphatic rings. The van der Waals surface area contributed by atoms with E-state index in [9.17, 15) is 4.79 Å². The molecule has 0 aliphatic heterocycles. The van der Waals surface area contributed by atoms with E-state index in [1.807, 2.05) is 30.3 Å². The van der Waals surface area contributed by atoms with E-state index in [1.165, 1.54) is 57.8 Å². The van der Waals surface area contributed by atoms with Gasteiger partial charge in [-0.2, -0.15) is 0 Å². The molecule has 2 aromatic carbocycles. The van der Waals surface area contributed by atoms with E-state index in [-0.39, 0.29) is 0 Å². The minimum Gasteiger partial charge on any atom is -0.493 e. The number of hydrogen-bond acceptors (Lipinski definition) is 3. The van der Waals surface area contributed by atoms with Crippen molar-refractivity contribution in [2.75, 3.05) is 13.2 Å². The fourth-order valence-corrected chi connectivity index (χ4v) is 4.22. The second-order valence-corrected chi connectivity index (χ2v) is 10.1. The van der Waals surface area contributed by atoms with Crippen LogP contribution in [0.4, 0.5) is 0 Å². The number of carbonyl (C=O) groups excluding carboxylic acids is 1. The predicted octanol–water partition coefficient (Wildman–Crippen LogP) is 9.91. The lowest BCUT2D eigenvalue weighted by Gasteiger charge is -2.14. The maximum absolute atomic E-state index is 11.8. The number of carbonyl (C=O) groups is 1. The Morgan fingerprint density at radius 1 is 0.657 bits per heavy atom. The molecule has 0 aromatic heterocycles. The third kappa shape index (κ3) is 11.9. The topological polar surface area (TPSA) is 35.5 Å². The molecule has 0 spiro atoms. The highest BCUT2D eigenvalue weighted by atomic mass is 79.9. The molecule has 3 nitrogen and oxygen atoms in total. The van der Waals surface area contributed by atoms with Crippen LogP contribution < -0.4 is 9.47 Å². The first-order valence-corrected chi connectivity index (χ1v) is 14.3. The Hall–Kier alpha value is -2.07. The first kappa shape index (κ1) is 29.2. The van der Waals surface area contributed by atoms with Crippen LogP contribution >= 0.6 is 15.9 Å². The van der Waals surface area contributed by atoms with Gasteiger partial charge in [-0.05, 0) is 42.7 Å². The zero-order valence-electron chi connectivity index (χ0n) is 21.7. The standard InChI is InChI=1S/C31H43BrO3/c1-3-5-7-9-11-13-21-34-30-24-28(25-33)31(35-22-14-12-10-8-6-4-2)23-27(30)18-15-26-16-19-29(32)20-17-26/h15-20,23-25H,3-14,21-22H2,1-2H3/b18-15+. The molecule has 0 aliphatic carbocycles. The van der Waals surface area contributed by atoms with Gasteiger partial charge in [-0.3, -0.25) is 4.79 Å². The van der Waals surface area contributed by atoms with Gasteiger partial charge < -0.3 is 9.47 Å². The number of halogens is 1. The Morgan fingerprint density at radius 3 is 1.69 bits per heavy atom. The monoisotopic (exact) mass is 542 g/mol. The molecule has 0 bridgehead atoms. The van der Waals surface area contributed by atoms with Crippen LogP contribution in [0.15, 0.2) is 40.9 Å². The quantitative estimate of drug-likeness (QED) is 0.100. The molecule has 4 heteroatoms. The molecule has 0 radical (unpaired) electrons. The molecular formula is C31H43BrO3. The van der Waals surface area contributed by atoms with Gasteiger partial charge in [0.25, 0.3) is 0 Å². The fourth-order valence-electron chi connectivity index (χ4n) is 3.95. The van der Waals surface area contributed by atoms with E-state index >= 15 is 0 Å². The maximum atomic E-state index is 11.8. The molecular weight excluding hydrogens is 500 g/mol. The van der Waals surface area contributed by atoms with Gasteiger partial charge in [0.05, 0.1) is 18.8 Å². The summed E-state index contributed by atoms with van der Waals surface area (Å²) < 4.78 is 13.3. The highest BCUT2D eigenvalue weighted by Crippen LogP contribution is 2.30. The molecule has 0 unspecified atom stereocenters. The Balaban J connectivity index is 2.07. The normalized spacial score (nSPS) is 11.2. The lowest BCUT2D eigenvalue weighted by atomic mass is 10.1. The summed E-state index contributed by atoms with van der Waals surface area (Å²) >= 11 is 3.49. The Morgan fingerprint density at radius 2 is 1.14 bits per heavy atom. The summed E-state index contributed by atoms with van der Waals surface area (Å²) in [6.45, 7) is 5.74. The van der Waals surface area contributed by atoms with Gasteiger partial charge in [0.1, 0.15) is 11.5 Å². The lowest BCUT2D eigenvalue weighted by molar-refractivity contribution is 0.111. The summed E-state index contributed by atoms with van der Waals surface area (Å²) in [5.74, 6) is 1.37. The van der Waals surface area contributed by atoms with Crippen molar-refractivity contribution in [1.29, 1.82) is 0 Å². The van der Waals surface area contributed by atoms with E-state index in [1.54, 1.807) is 0 Å². The van der Waals surface area contributed by atoms with Crippen LogP contribution in [-0.4, -0.2) is 19.5 Å². The predicted molar refractivity (Wildman–Crippen MR) is 153 cm³/mol. The molecule has 2 aromatic rings. The van der Waals surface area contributed by atoms with Crippen molar-refractivity contribution in [3.8, 4) is 11.5 Å². The number of unbranched alkanes of at least 4 members (excludes halogenated alkanes) is 10. The Labute approximate surface area is 221 Å². The zero-order chi connectivity index (χ0) is 25.1. The largest absolute Gasteiger partial charge is 0.493 e. The zero-order valence-corrected chi connectivity index (χ0v) is 23.3. The summed E-state index contributed by atoms with van der Waals surface area (Å²) in [6, 6.07) is 12.0. The van der Waals surface area contributed by atoms with Crippen molar-refractivity contribution in [1.82, 2.24) is 0 Å². The van der Waals surface area contributed by atoms with Gasteiger partial charge in [0, 0.05) is 10.0 Å². The summed E-state index contributed by atoms with van der Waals surface area (Å²) in [5, 5.41) is 0. The number of rotatable bonds is 19. The van der Waals surface area contributed by atoms with Crippen LogP contribution in [0.25, 0.3) is 12.2 Å². The van der Waals surface area contributed by atoms with Crippen molar-refractivity contribution >= 4 is 34.4 Å². The average Bonchev–Trinajstić information content (AvgIpc) is 2.87. The average molecular weight is 544 g/mol. The Kier molecular flexibility index (Phi) is 15.2. The van der Waals surface area contributed by atoms with Crippen LogP contribution in [0.3, 0.4) is 0 Å². The van der Waals surface area contributed by atoms with Crippen molar-refractivity contribution in [3.05, 3.63) is 57.6 Å². The van der Waals surface area contributed by atoms with Gasteiger partial charge in [0.15, 0.2) is 6.29 Å². The summed E-state index contributed by atoms with van der Waals surface area (Å²) in [5.41, 5.74) is 2.58. The summed E-state index contributed by atoms with van der Waals surface area (Å²) in [6.07, 6.45) is 19.5. The van der Waals surface area contributed by atoms with Crippen LogP contribution in [0.1, 0.15) is 112 Å². The summed E-state index contributed by atoms with van der Waals surface area (Å²) in [7, 11) is 0. The molecule has 0 fully saturated rings. The maximum Gasteiger partial charge on any atom is 0.153 e. The van der Waals surface area contributed by atoms with Crippen LogP contribution in [0.5, 0.6) is 11.5 Å². The van der Waals surface area contributed by atoms with Crippen molar-refractivity contribution < 1.29 is 14.3 Å². The smallest absolute Gasteiger partial charge is 0.153 e. The van der Waals surface area contributed by atoms with E-state index in [2.05, 4.69) is 48.0 Å². The van der Waals surface area contributed by atoms with Crippen LogP contribution in [-0.2, 0) is 0 Å². The molecule has 0 heterocycles. The minimum atomic E-state index is 0.551. The van der Waals surface area contributed by atoms with E-state index in [0.29, 0.717) is 24.5 Å². The number of aldehydes is 1. The molecule has 2 rings (SSSR count). The van der Waals surface area contributed by atoms with Gasteiger partial charge in [-0.15, -0.1) is 0 Å². The number of ether oxygens (including phenoxy) is 2. The van der Waals surface area contributed by atoms with Gasteiger partial charge in [-0.1, -0.05) is 118 Å². The SMILES string of the molecule is CCCCCCCCOc1cc(/C=C/c2ccc(Br)cc2)c(OCCCCCCCC)cc1C=O. The first-order chi connectivity index (χ1) is 17.2. The highest BCUT2D eigenvalue weighted by molar-refractivity contribution is 9.10. The summed E-state index contributed by atoms with van der Waals surface area (Å²) in [4.78, 5) is 11.8. The van der Waals surface area contributed by atoms with Crippen molar-refractivity contribution in [2.24, 2.45) is 0 Å². The van der Waals surface area contributed by atoms with E-state index in [0.717, 1.165) is 46.9 Å². The molecule has 192 valence electrons. The van der Waals surface area contributed by atoms with Crippen LogP contribution in [0, 0.1) is 0 Å². The highest BCUT2D eigenvalue weighted by Gasteiger charge is 2.11. The van der Waals surface area contributed by atoms with E-state index < -0.39 is 0 Å². The van der Waals surface area contributed by atoms with Crippen LogP contribution in [0.2, 0.25) is 0 Å². The third-order valence-corrected chi connectivity index (χ3v) is 6.63. The molecule has 0 N–H and O–H groups in total. The van der Waals surface area contributed by atoms with Crippen molar-refractivity contribution in [2.45, 2.75) is 90.9 Å². The molecule has 0 atom stereocenters. The second-order valence-electron chi connectivity index (χ2n) is 9.16. The van der Waals surface area contributed by atoms with Gasteiger partial charge in [-0.25, -0.2) is 0 Å². The molecule has 0 amide bonds. The van der Waals surface area contributed by atoms with Gasteiger partial charge >= 0.3 is 0 Å². The third-order valence-electron chi connectivity index (χ3n) is 6.11. The minimum absolute atomic E-state index is 0.551. The second kappa shape index (κ2) is 18.2. The molecule has 0 saturated carbocycles. The van der Waals surface area contributed by atoms with E-state index in [4.69, 9.17) is 9.47 Å². The first-order valence-electron chi connectivity index (χ1n) is 13.5. The lowest BCUT2D eigenvalue weighted by Crippen LogP contribution is -2.04. The molecule has 0 saturated heterocycles. The fraction of sp³-hybridized carbons (Fsp3) is 0.516. The number of hydrogen-bond donors (Lipinski definition) is 0. The van der Waals surface area contributed by atoms with Crippen molar-refractivity contribution in [3.63, 3.8) is 0 Å². The van der Waals surface area contributed by atoms with Gasteiger partial charge in [0.2, 0.25) is 0 Å². The number of benzene rings is 2.